The number of ether oxygens (including phenoxy) is 1. The first kappa shape index (κ1) is 14.2. The number of aryl methyl sites for hydroxylation is 1. The van der Waals surface area contributed by atoms with E-state index in [4.69, 9.17) is 10.6 Å². The molecule has 0 aromatic heterocycles. The molecular weight excluding hydrogens is 212 g/mol. The van der Waals surface area contributed by atoms with Crippen molar-refractivity contribution in [2.75, 3.05) is 13.7 Å². The molecule has 0 fully saturated rings. The summed E-state index contributed by atoms with van der Waals surface area (Å²) >= 11 is 0. The molecule has 0 aliphatic rings. The van der Waals surface area contributed by atoms with Crippen LogP contribution >= 0.6 is 0 Å². The summed E-state index contributed by atoms with van der Waals surface area (Å²) < 4.78 is 5.17. The van der Waals surface area contributed by atoms with E-state index < -0.39 is 0 Å². The predicted molar refractivity (Wildman–Crippen MR) is 71.6 cm³/mol. The Bertz CT molecular complexity index is 352. The lowest BCUT2D eigenvalue weighted by Gasteiger charge is -2.22. The molecule has 0 saturated carbocycles. The average Bonchev–Trinajstić information content (AvgIpc) is 2.30. The summed E-state index contributed by atoms with van der Waals surface area (Å²) in [4.78, 5) is 0. The molecule has 0 aliphatic heterocycles. The molecule has 1 aromatic carbocycles. The van der Waals surface area contributed by atoms with Crippen molar-refractivity contribution in [3.05, 3.63) is 34.9 Å². The zero-order chi connectivity index (χ0) is 12.8. The fraction of sp³-hybridized carbons (Fsp3) is 0.571. The van der Waals surface area contributed by atoms with Crippen LogP contribution in [-0.4, -0.2) is 13.7 Å². The van der Waals surface area contributed by atoms with E-state index in [1.165, 1.54) is 16.7 Å². The first-order valence-corrected chi connectivity index (χ1v) is 6.11. The highest BCUT2D eigenvalue weighted by atomic mass is 16.5. The second-order valence-corrected chi connectivity index (χ2v) is 4.80. The first-order chi connectivity index (χ1) is 8.10. The lowest BCUT2D eigenvalue weighted by Crippen LogP contribution is -2.30. The Morgan fingerprint density at radius 1 is 1.35 bits per heavy atom. The largest absolute Gasteiger partial charge is 0.384 e. The average molecular weight is 236 g/mol. The van der Waals surface area contributed by atoms with E-state index in [1.807, 2.05) is 0 Å². The fourth-order valence-electron chi connectivity index (χ4n) is 2.19. The Balaban J connectivity index is 2.82. The zero-order valence-corrected chi connectivity index (χ0v) is 11.3. The van der Waals surface area contributed by atoms with Gasteiger partial charge in [0.05, 0.1) is 0 Å². The lowest BCUT2D eigenvalue weighted by molar-refractivity contribution is 0.149. The van der Waals surface area contributed by atoms with Crippen molar-refractivity contribution in [3.8, 4) is 0 Å². The van der Waals surface area contributed by atoms with Crippen molar-refractivity contribution in [2.24, 2.45) is 11.8 Å². The molecule has 1 aromatic rings. The number of hydrogen-bond donors (Lipinski definition) is 2. The van der Waals surface area contributed by atoms with E-state index >= 15 is 0 Å². The van der Waals surface area contributed by atoms with Crippen molar-refractivity contribution >= 4 is 0 Å². The van der Waals surface area contributed by atoms with E-state index in [0.717, 1.165) is 13.0 Å². The molecule has 0 radical (unpaired) electrons. The van der Waals surface area contributed by atoms with Crippen LogP contribution in [0.15, 0.2) is 18.2 Å². The van der Waals surface area contributed by atoms with Gasteiger partial charge < -0.3 is 4.74 Å². The maximum absolute atomic E-state index is 5.68. The van der Waals surface area contributed by atoms with Gasteiger partial charge in [0.1, 0.15) is 0 Å². The van der Waals surface area contributed by atoms with Gasteiger partial charge in [-0.25, -0.2) is 0 Å². The van der Waals surface area contributed by atoms with Crippen molar-refractivity contribution in [1.29, 1.82) is 0 Å². The standard InChI is InChI=1S/C14H24N2O/c1-10(9-17-4)8-14(16-15)13-7-5-6-11(2)12(13)3/h5-7,10,14,16H,8-9,15H2,1-4H3. The highest BCUT2D eigenvalue weighted by Gasteiger charge is 2.16. The van der Waals surface area contributed by atoms with Gasteiger partial charge >= 0.3 is 0 Å². The van der Waals surface area contributed by atoms with Gasteiger partial charge in [0.15, 0.2) is 0 Å². The summed E-state index contributed by atoms with van der Waals surface area (Å²) in [7, 11) is 1.74. The first-order valence-electron chi connectivity index (χ1n) is 6.11. The Kier molecular flexibility index (Phi) is 5.62. The summed E-state index contributed by atoms with van der Waals surface area (Å²) in [6, 6.07) is 6.56. The van der Waals surface area contributed by atoms with Crippen LogP contribution in [0.4, 0.5) is 0 Å². The summed E-state index contributed by atoms with van der Waals surface area (Å²) in [5.41, 5.74) is 6.83. The Labute approximate surface area is 104 Å². The SMILES string of the molecule is COCC(C)CC(NN)c1cccc(C)c1C. The van der Waals surface area contributed by atoms with Crippen LogP contribution in [0, 0.1) is 19.8 Å². The number of nitrogens with two attached hydrogens (primary N) is 1. The summed E-state index contributed by atoms with van der Waals surface area (Å²) in [5, 5.41) is 0. The molecular formula is C14H24N2O. The molecule has 0 bridgehead atoms. The summed E-state index contributed by atoms with van der Waals surface area (Å²) in [6.45, 7) is 7.23. The van der Waals surface area contributed by atoms with Crippen LogP contribution in [0.25, 0.3) is 0 Å². The molecule has 3 nitrogen and oxygen atoms in total. The van der Waals surface area contributed by atoms with Gasteiger partial charge in [0.25, 0.3) is 0 Å². The number of rotatable bonds is 6. The molecule has 17 heavy (non-hydrogen) atoms. The Morgan fingerprint density at radius 3 is 2.65 bits per heavy atom. The van der Waals surface area contributed by atoms with Crippen LogP contribution < -0.4 is 11.3 Å². The Hall–Kier alpha value is -0.900. The molecule has 3 N–H and O–H groups in total. The van der Waals surface area contributed by atoms with Gasteiger partial charge in [-0.1, -0.05) is 25.1 Å². The molecule has 3 heteroatoms. The lowest BCUT2D eigenvalue weighted by atomic mass is 9.92. The Morgan fingerprint density at radius 2 is 2.06 bits per heavy atom. The maximum Gasteiger partial charge on any atom is 0.0488 e. The highest BCUT2D eigenvalue weighted by molar-refractivity contribution is 5.35. The van der Waals surface area contributed by atoms with Crippen LogP contribution in [0.5, 0.6) is 0 Å². The summed E-state index contributed by atoms with van der Waals surface area (Å²) in [5.74, 6) is 6.16. The van der Waals surface area contributed by atoms with E-state index in [2.05, 4.69) is 44.4 Å². The van der Waals surface area contributed by atoms with Crippen LogP contribution in [0.2, 0.25) is 0 Å². The molecule has 1 rings (SSSR count). The smallest absolute Gasteiger partial charge is 0.0488 e. The van der Waals surface area contributed by atoms with Crippen molar-refractivity contribution in [3.63, 3.8) is 0 Å². The minimum atomic E-state index is 0.194. The second-order valence-electron chi connectivity index (χ2n) is 4.80. The van der Waals surface area contributed by atoms with Crippen molar-refractivity contribution < 1.29 is 4.74 Å². The molecule has 0 amide bonds. The molecule has 0 saturated heterocycles. The molecule has 0 heterocycles. The van der Waals surface area contributed by atoms with Gasteiger partial charge in [-0.15, -0.1) is 0 Å². The fourth-order valence-corrected chi connectivity index (χ4v) is 2.19. The van der Waals surface area contributed by atoms with Gasteiger partial charge in [0.2, 0.25) is 0 Å². The quantitative estimate of drug-likeness (QED) is 0.589. The van der Waals surface area contributed by atoms with Crippen LogP contribution in [-0.2, 0) is 4.74 Å². The monoisotopic (exact) mass is 236 g/mol. The van der Waals surface area contributed by atoms with E-state index in [0.29, 0.717) is 5.92 Å². The molecule has 0 spiro atoms. The van der Waals surface area contributed by atoms with E-state index in [9.17, 15) is 0 Å². The molecule has 2 atom stereocenters. The van der Waals surface area contributed by atoms with Gasteiger partial charge in [-0.2, -0.15) is 0 Å². The number of benzene rings is 1. The molecule has 0 aliphatic carbocycles. The number of methoxy groups -OCH3 is 1. The van der Waals surface area contributed by atoms with Crippen LogP contribution in [0.3, 0.4) is 0 Å². The minimum absolute atomic E-state index is 0.194. The maximum atomic E-state index is 5.68. The molecule has 2 unspecified atom stereocenters. The normalized spacial score (nSPS) is 14.6. The number of hydrogen-bond acceptors (Lipinski definition) is 3. The number of hydrazine groups is 1. The second kappa shape index (κ2) is 6.74. The van der Waals surface area contributed by atoms with Gasteiger partial charge in [-0.05, 0) is 42.9 Å². The van der Waals surface area contributed by atoms with Crippen molar-refractivity contribution in [2.45, 2.75) is 33.2 Å². The minimum Gasteiger partial charge on any atom is -0.384 e. The third kappa shape index (κ3) is 3.80. The summed E-state index contributed by atoms with van der Waals surface area (Å²) in [6.07, 6.45) is 0.981. The third-order valence-electron chi connectivity index (χ3n) is 3.31. The van der Waals surface area contributed by atoms with E-state index in [1.54, 1.807) is 7.11 Å². The van der Waals surface area contributed by atoms with E-state index in [-0.39, 0.29) is 6.04 Å². The van der Waals surface area contributed by atoms with Crippen LogP contribution in [0.1, 0.15) is 36.1 Å². The van der Waals surface area contributed by atoms with Gasteiger partial charge in [-0.3, -0.25) is 11.3 Å². The predicted octanol–water partition coefficient (Wildman–Crippen LogP) is 2.48. The third-order valence-corrected chi connectivity index (χ3v) is 3.31. The van der Waals surface area contributed by atoms with Gasteiger partial charge in [0, 0.05) is 19.8 Å². The zero-order valence-electron chi connectivity index (χ0n) is 11.3. The van der Waals surface area contributed by atoms with Crippen molar-refractivity contribution in [1.82, 2.24) is 5.43 Å². The highest BCUT2D eigenvalue weighted by Crippen LogP contribution is 2.25. The topological polar surface area (TPSA) is 47.3 Å². The number of nitrogens with one attached hydrogen (secondary N) is 1. The molecule has 96 valence electrons.